The number of hydrogen-bond donors (Lipinski definition) is 3. The van der Waals surface area contributed by atoms with E-state index in [4.69, 9.17) is 10.5 Å². The van der Waals surface area contributed by atoms with E-state index in [9.17, 15) is 36.3 Å². The number of carbonyl (C=O) groups excluding carboxylic acids is 2. The summed E-state index contributed by atoms with van der Waals surface area (Å²) in [6.07, 6.45) is -1.05. The summed E-state index contributed by atoms with van der Waals surface area (Å²) in [7, 11) is -4.56. The highest BCUT2D eigenvalue weighted by molar-refractivity contribution is 7.89. The van der Waals surface area contributed by atoms with Gasteiger partial charge in [-0.25, -0.2) is 8.42 Å². The maximum atomic E-state index is 13.9. The van der Waals surface area contributed by atoms with Crippen molar-refractivity contribution in [2.75, 3.05) is 6.61 Å². The molecule has 4 N–H and O–H groups in total. The van der Waals surface area contributed by atoms with Crippen LogP contribution in [0, 0.1) is 5.92 Å². The number of ether oxygens (including phenoxy) is 1. The predicted octanol–water partition coefficient (Wildman–Crippen LogP) is 4.87. The van der Waals surface area contributed by atoms with Crippen molar-refractivity contribution >= 4 is 21.9 Å². The summed E-state index contributed by atoms with van der Waals surface area (Å²) in [5, 5.41) is 10.4. The highest BCUT2D eigenvalue weighted by atomic mass is 32.2. The van der Waals surface area contributed by atoms with E-state index in [0.29, 0.717) is 36.1 Å². The fourth-order valence-corrected chi connectivity index (χ4v) is 6.12. The number of carbonyl (C=O) groups is 2. The zero-order valence-corrected chi connectivity index (χ0v) is 24.6. The first-order valence-corrected chi connectivity index (χ1v) is 15.6. The largest absolute Gasteiger partial charge is 0.508 e. The lowest BCUT2D eigenvalue weighted by Gasteiger charge is -2.35. The van der Waals surface area contributed by atoms with Gasteiger partial charge < -0.3 is 15.6 Å². The monoisotopic (exact) mass is 633 g/mol. The second-order valence-corrected chi connectivity index (χ2v) is 12.4. The highest BCUT2D eigenvalue weighted by Gasteiger charge is 2.36. The number of amides is 1. The van der Waals surface area contributed by atoms with Gasteiger partial charge in [-0.1, -0.05) is 61.7 Å². The Morgan fingerprint density at radius 2 is 1.57 bits per heavy atom. The first-order chi connectivity index (χ1) is 20.8. The molecule has 1 aliphatic carbocycles. The molecule has 0 radical (unpaired) electrons. The number of aromatic hydroxyl groups is 1. The van der Waals surface area contributed by atoms with Crippen LogP contribution in [0.1, 0.15) is 54.8 Å². The topological polar surface area (TPSA) is 139 Å². The third kappa shape index (κ3) is 8.58. The Morgan fingerprint density at radius 3 is 2.16 bits per heavy atom. The van der Waals surface area contributed by atoms with Gasteiger partial charge in [0.15, 0.2) is 0 Å². The van der Waals surface area contributed by atoms with Gasteiger partial charge in [0.2, 0.25) is 5.91 Å². The van der Waals surface area contributed by atoms with E-state index in [0.717, 1.165) is 36.4 Å². The maximum Gasteiger partial charge on any atom is 0.416 e. The Kier molecular flexibility index (Phi) is 10.7. The van der Waals surface area contributed by atoms with Crippen molar-refractivity contribution in [1.82, 2.24) is 9.84 Å². The average molecular weight is 634 g/mol. The number of hydrazine groups is 1. The van der Waals surface area contributed by atoms with Crippen molar-refractivity contribution in [2.45, 2.75) is 61.7 Å². The summed E-state index contributed by atoms with van der Waals surface area (Å²) < 4.78 is 71.8. The molecular weight excluding hydrogens is 599 g/mol. The van der Waals surface area contributed by atoms with Gasteiger partial charge in [0.25, 0.3) is 10.0 Å². The van der Waals surface area contributed by atoms with E-state index in [1.54, 1.807) is 42.5 Å². The summed E-state index contributed by atoms with van der Waals surface area (Å²) in [6, 6.07) is 15.2. The fraction of sp³-hybridized carbons (Fsp3) is 0.355. The molecule has 3 aromatic carbocycles. The van der Waals surface area contributed by atoms with Gasteiger partial charge >= 0.3 is 12.1 Å². The van der Waals surface area contributed by atoms with Crippen molar-refractivity contribution in [1.29, 1.82) is 0 Å². The number of alkyl halides is 3. The van der Waals surface area contributed by atoms with Crippen LogP contribution in [0.15, 0.2) is 83.8 Å². The molecule has 0 saturated heterocycles. The molecular formula is C31H34F3N3O6S. The van der Waals surface area contributed by atoms with Gasteiger partial charge in [0, 0.05) is 5.92 Å². The number of halogens is 3. The summed E-state index contributed by atoms with van der Waals surface area (Å²) in [5.74, 6) is -1.80. The molecule has 0 spiro atoms. The number of sulfonamides is 1. The molecule has 9 nitrogen and oxygen atoms in total. The number of phenols is 1. The summed E-state index contributed by atoms with van der Waals surface area (Å²) >= 11 is 0. The van der Waals surface area contributed by atoms with Gasteiger partial charge in [-0.3, -0.25) is 14.6 Å². The lowest BCUT2D eigenvalue weighted by Crippen LogP contribution is -2.52. The summed E-state index contributed by atoms with van der Waals surface area (Å²) in [5.41, 5.74) is 6.17. The van der Waals surface area contributed by atoms with Gasteiger partial charge in [-0.2, -0.15) is 13.2 Å². The lowest BCUT2D eigenvalue weighted by molar-refractivity contribution is -0.152. The van der Waals surface area contributed by atoms with Crippen LogP contribution in [0.2, 0.25) is 0 Å². The normalized spacial score (nSPS) is 15.7. The Morgan fingerprint density at radius 1 is 0.955 bits per heavy atom. The van der Waals surface area contributed by atoms with Crippen LogP contribution in [0.3, 0.4) is 0 Å². The first kappa shape index (κ1) is 33.0. The standard InChI is InChI=1S/C31H34F3N3O6S/c32-31(33,34)24-13-17-26(18-14-24)44(41,42)36-37(29(39)23-9-5-2-6-10-23)28(22-7-3-1-4-8-22)20-43-30(40)27(35)19-21-11-15-25(38)16-12-21/h1,3-4,7-8,11-18,23,27-28,36,38H,2,5-6,9-10,19-20,35H2/t27?,28-/m1/s1. The van der Waals surface area contributed by atoms with Crippen molar-refractivity contribution < 1.29 is 41.0 Å². The Labute approximate surface area is 253 Å². The molecule has 4 rings (SSSR count). The molecule has 13 heteroatoms. The second-order valence-electron chi connectivity index (χ2n) is 10.7. The van der Waals surface area contributed by atoms with Crippen LogP contribution in [0.4, 0.5) is 13.2 Å². The third-order valence-corrected chi connectivity index (χ3v) is 8.81. The molecule has 1 fully saturated rings. The van der Waals surface area contributed by atoms with Gasteiger partial charge in [0.1, 0.15) is 24.4 Å². The predicted molar refractivity (Wildman–Crippen MR) is 155 cm³/mol. The zero-order valence-electron chi connectivity index (χ0n) is 23.7. The number of hydrogen-bond acceptors (Lipinski definition) is 7. The lowest BCUT2D eigenvalue weighted by atomic mass is 9.88. The minimum Gasteiger partial charge on any atom is -0.508 e. The average Bonchev–Trinajstić information content (AvgIpc) is 3.01. The van der Waals surface area contributed by atoms with Crippen molar-refractivity contribution in [3.8, 4) is 5.75 Å². The molecule has 44 heavy (non-hydrogen) atoms. The Hall–Kier alpha value is -3.94. The second kappa shape index (κ2) is 14.2. The molecule has 0 heterocycles. The van der Waals surface area contributed by atoms with E-state index in [1.165, 1.54) is 12.1 Å². The number of phenolic OH excluding ortho intramolecular Hbond substituents is 1. The molecule has 1 unspecified atom stereocenters. The van der Waals surface area contributed by atoms with E-state index in [-0.39, 0.29) is 12.2 Å². The van der Waals surface area contributed by atoms with Crippen molar-refractivity contribution in [3.63, 3.8) is 0 Å². The quantitative estimate of drug-likeness (QED) is 0.202. The number of nitrogens with one attached hydrogen (secondary N) is 1. The Bertz CT molecular complexity index is 1510. The maximum absolute atomic E-state index is 13.9. The molecule has 0 aromatic heterocycles. The number of benzene rings is 3. The number of rotatable bonds is 11. The van der Waals surface area contributed by atoms with E-state index >= 15 is 0 Å². The van der Waals surface area contributed by atoms with Crippen LogP contribution in [0.5, 0.6) is 5.75 Å². The summed E-state index contributed by atoms with van der Waals surface area (Å²) in [4.78, 5) is 28.7. The van der Waals surface area contributed by atoms with Gasteiger partial charge in [-0.15, -0.1) is 4.83 Å². The van der Waals surface area contributed by atoms with E-state index in [2.05, 4.69) is 4.83 Å². The van der Waals surface area contributed by atoms with Crippen LogP contribution >= 0.6 is 0 Å². The molecule has 1 aliphatic rings. The van der Waals surface area contributed by atoms with Crippen LogP contribution in [-0.2, 0) is 36.9 Å². The van der Waals surface area contributed by atoms with Crippen molar-refractivity contribution in [2.24, 2.45) is 11.7 Å². The first-order valence-electron chi connectivity index (χ1n) is 14.1. The van der Waals surface area contributed by atoms with E-state index < -0.39 is 63.1 Å². The molecule has 1 amide bonds. The zero-order chi connectivity index (χ0) is 31.9. The number of esters is 1. The van der Waals surface area contributed by atoms with Gasteiger partial charge in [0.05, 0.1) is 10.5 Å². The molecule has 3 aromatic rings. The molecule has 2 atom stereocenters. The van der Waals surface area contributed by atoms with Crippen LogP contribution in [0.25, 0.3) is 0 Å². The van der Waals surface area contributed by atoms with E-state index in [1.807, 2.05) is 0 Å². The molecule has 1 saturated carbocycles. The number of nitrogens with two attached hydrogens (primary N) is 1. The van der Waals surface area contributed by atoms with Crippen LogP contribution in [-0.4, -0.2) is 43.1 Å². The fourth-order valence-electron chi connectivity index (χ4n) is 5.05. The molecule has 236 valence electrons. The summed E-state index contributed by atoms with van der Waals surface area (Å²) in [6.45, 7) is -0.458. The Balaban J connectivity index is 1.62. The smallest absolute Gasteiger partial charge is 0.416 e. The minimum absolute atomic E-state index is 0.0528. The third-order valence-electron chi connectivity index (χ3n) is 7.48. The number of nitrogens with zero attached hydrogens (tertiary/aromatic N) is 1. The van der Waals surface area contributed by atoms with Crippen LogP contribution < -0.4 is 10.6 Å². The minimum atomic E-state index is -4.66. The molecule has 0 aliphatic heterocycles. The molecule has 0 bridgehead atoms. The SMILES string of the molecule is NC(Cc1ccc(O)cc1)C(=O)OC[C@H](c1ccccc1)N(NS(=O)(=O)c1ccc(C(F)(F)F)cc1)C(=O)C1CCCCC1. The van der Waals surface area contributed by atoms with Crippen molar-refractivity contribution in [3.05, 3.63) is 95.6 Å². The highest BCUT2D eigenvalue weighted by Crippen LogP contribution is 2.32. The van der Waals surface area contributed by atoms with Gasteiger partial charge in [-0.05, 0) is 66.8 Å².